The lowest BCUT2D eigenvalue weighted by molar-refractivity contribution is -0.101. The van der Waals surface area contributed by atoms with E-state index in [1.807, 2.05) is 30.3 Å². The molecule has 4 nitrogen and oxygen atoms in total. The van der Waals surface area contributed by atoms with E-state index in [1.165, 1.54) is 0 Å². The van der Waals surface area contributed by atoms with Crippen LogP contribution in [0.4, 0.5) is 0 Å². The third kappa shape index (κ3) is 6.70. The van der Waals surface area contributed by atoms with Crippen LogP contribution < -0.4 is 4.74 Å². The maximum Gasteiger partial charge on any atom is 0.146 e. The van der Waals surface area contributed by atoms with Gasteiger partial charge in [-0.3, -0.25) is 0 Å². The Morgan fingerprint density at radius 2 is 1.95 bits per heavy atom. The summed E-state index contributed by atoms with van der Waals surface area (Å²) in [6.45, 7) is 5.11. The molecular formula is C16H24O4. The number of ether oxygens (including phenoxy) is 4. The molecule has 0 fully saturated rings. The van der Waals surface area contributed by atoms with Crippen LogP contribution in [0.3, 0.4) is 0 Å². The Bertz CT molecular complexity index is 361. The molecule has 20 heavy (non-hydrogen) atoms. The van der Waals surface area contributed by atoms with Crippen molar-refractivity contribution in [2.45, 2.75) is 25.6 Å². The van der Waals surface area contributed by atoms with Gasteiger partial charge in [0.25, 0.3) is 0 Å². The number of hydrogen-bond acceptors (Lipinski definition) is 4. The third-order valence-electron chi connectivity index (χ3n) is 2.85. The van der Waals surface area contributed by atoms with Crippen LogP contribution in [0.5, 0.6) is 5.75 Å². The summed E-state index contributed by atoms with van der Waals surface area (Å²) in [5, 5.41) is 0. The van der Waals surface area contributed by atoms with Crippen LogP contribution in [-0.4, -0.2) is 33.7 Å². The molecule has 0 bridgehead atoms. The van der Waals surface area contributed by atoms with E-state index in [0.717, 1.165) is 24.2 Å². The van der Waals surface area contributed by atoms with Crippen LogP contribution >= 0.6 is 0 Å². The molecule has 0 aliphatic carbocycles. The van der Waals surface area contributed by atoms with Crippen molar-refractivity contribution in [1.82, 2.24) is 0 Å². The van der Waals surface area contributed by atoms with Gasteiger partial charge in [0.2, 0.25) is 0 Å². The number of methoxy groups -OCH3 is 2. The highest BCUT2D eigenvalue weighted by Gasteiger charge is 2.08. The largest absolute Gasteiger partial charge is 0.497 e. The molecule has 4 heteroatoms. The molecule has 1 atom stereocenters. The Labute approximate surface area is 121 Å². The molecule has 1 aromatic carbocycles. The zero-order valence-corrected chi connectivity index (χ0v) is 12.3. The highest BCUT2D eigenvalue weighted by atomic mass is 16.7. The third-order valence-corrected chi connectivity index (χ3v) is 2.85. The summed E-state index contributed by atoms with van der Waals surface area (Å²) >= 11 is 0. The molecule has 0 aliphatic heterocycles. The molecule has 0 aromatic heterocycles. The first-order valence-electron chi connectivity index (χ1n) is 6.72. The highest BCUT2D eigenvalue weighted by Crippen LogP contribution is 2.12. The topological polar surface area (TPSA) is 36.9 Å². The van der Waals surface area contributed by atoms with Gasteiger partial charge < -0.3 is 18.9 Å². The van der Waals surface area contributed by atoms with E-state index in [-0.39, 0.29) is 12.9 Å². The van der Waals surface area contributed by atoms with Crippen LogP contribution in [0.25, 0.3) is 0 Å². The Kier molecular flexibility index (Phi) is 8.71. The maximum absolute atomic E-state index is 5.69. The van der Waals surface area contributed by atoms with Crippen molar-refractivity contribution in [1.29, 1.82) is 0 Å². The molecule has 0 spiro atoms. The van der Waals surface area contributed by atoms with Crippen molar-refractivity contribution >= 4 is 0 Å². The number of hydrogen-bond donors (Lipinski definition) is 0. The average Bonchev–Trinajstić information content (AvgIpc) is 2.50. The predicted molar refractivity (Wildman–Crippen MR) is 78.8 cm³/mol. The van der Waals surface area contributed by atoms with Gasteiger partial charge >= 0.3 is 0 Å². The van der Waals surface area contributed by atoms with E-state index in [2.05, 4.69) is 6.58 Å². The van der Waals surface area contributed by atoms with Gasteiger partial charge in [-0.15, -0.1) is 6.58 Å². The number of allylic oxidation sites excluding steroid dienone is 1. The first kappa shape index (κ1) is 16.7. The first-order chi connectivity index (χ1) is 9.80. The Morgan fingerprint density at radius 1 is 1.20 bits per heavy atom. The molecule has 0 radical (unpaired) electrons. The number of rotatable bonds is 11. The van der Waals surface area contributed by atoms with Gasteiger partial charge in [0.15, 0.2) is 0 Å². The molecule has 0 heterocycles. The molecule has 112 valence electrons. The van der Waals surface area contributed by atoms with Crippen molar-refractivity contribution in [2.75, 3.05) is 27.6 Å². The van der Waals surface area contributed by atoms with E-state index in [4.69, 9.17) is 18.9 Å². The molecule has 0 saturated carbocycles. The minimum Gasteiger partial charge on any atom is -0.497 e. The van der Waals surface area contributed by atoms with Crippen molar-refractivity contribution in [3.8, 4) is 5.75 Å². The van der Waals surface area contributed by atoms with Crippen molar-refractivity contribution in [3.63, 3.8) is 0 Å². The van der Waals surface area contributed by atoms with E-state index in [9.17, 15) is 0 Å². The monoisotopic (exact) mass is 280 g/mol. The Balaban J connectivity index is 2.31. The van der Waals surface area contributed by atoms with Crippen LogP contribution in [0.1, 0.15) is 18.4 Å². The zero-order chi connectivity index (χ0) is 14.6. The molecule has 0 aliphatic rings. The van der Waals surface area contributed by atoms with Crippen molar-refractivity contribution in [2.24, 2.45) is 0 Å². The van der Waals surface area contributed by atoms with Crippen molar-refractivity contribution < 1.29 is 18.9 Å². The summed E-state index contributed by atoms with van der Waals surface area (Å²) in [6, 6.07) is 7.84. The standard InChI is InChI=1S/C16H24O4/c1-4-5-6-16(20-13-17-2)12-19-11-14-7-9-15(18-3)10-8-14/h4,7-10,16H,1,5-6,11-13H2,2-3H3/t16-/m1/s1. The van der Waals surface area contributed by atoms with Crippen LogP contribution in [0.15, 0.2) is 36.9 Å². The van der Waals surface area contributed by atoms with Gasteiger partial charge in [0, 0.05) is 7.11 Å². The SMILES string of the molecule is C=CCC[C@H](COCc1ccc(OC)cc1)OCOC. The second-order valence-electron chi connectivity index (χ2n) is 4.42. The fourth-order valence-electron chi connectivity index (χ4n) is 1.71. The predicted octanol–water partition coefficient (Wildman–Crippen LogP) is 3.17. The van der Waals surface area contributed by atoms with Crippen LogP contribution in [0.2, 0.25) is 0 Å². The minimum absolute atomic E-state index is 0.0335. The second-order valence-corrected chi connectivity index (χ2v) is 4.42. The van der Waals surface area contributed by atoms with Crippen LogP contribution in [-0.2, 0) is 20.8 Å². The lowest BCUT2D eigenvalue weighted by Gasteiger charge is -2.17. The quantitative estimate of drug-likeness (QED) is 0.461. The van der Waals surface area contributed by atoms with E-state index in [0.29, 0.717) is 13.2 Å². The van der Waals surface area contributed by atoms with Gasteiger partial charge in [-0.1, -0.05) is 18.2 Å². The first-order valence-corrected chi connectivity index (χ1v) is 6.72. The molecule has 0 saturated heterocycles. The van der Waals surface area contributed by atoms with Gasteiger partial charge in [0.05, 0.1) is 26.4 Å². The Hall–Kier alpha value is -1.36. The molecule has 1 aromatic rings. The molecule has 0 unspecified atom stereocenters. The normalized spacial score (nSPS) is 12.1. The lowest BCUT2D eigenvalue weighted by Crippen LogP contribution is -2.21. The second kappa shape index (κ2) is 10.4. The zero-order valence-electron chi connectivity index (χ0n) is 12.3. The summed E-state index contributed by atoms with van der Waals surface area (Å²) in [5.41, 5.74) is 1.11. The molecule has 0 amide bonds. The van der Waals surface area contributed by atoms with Crippen molar-refractivity contribution in [3.05, 3.63) is 42.5 Å². The highest BCUT2D eigenvalue weighted by molar-refractivity contribution is 5.26. The average molecular weight is 280 g/mol. The molecular weight excluding hydrogens is 256 g/mol. The van der Waals surface area contributed by atoms with Gasteiger partial charge in [0.1, 0.15) is 12.5 Å². The fourth-order valence-corrected chi connectivity index (χ4v) is 1.71. The van der Waals surface area contributed by atoms with Crippen LogP contribution in [0, 0.1) is 0 Å². The summed E-state index contributed by atoms with van der Waals surface area (Å²) < 4.78 is 21.3. The summed E-state index contributed by atoms with van der Waals surface area (Å²) in [6.07, 6.45) is 3.70. The van der Waals surface area contributed by atoms with E-state index < -0.39 is 0 Å². The fraction of sp³-hybridized carbons (Fsp3) is 0.500. The summed E-state index contributed by atoms with van der Waals surface area (Å²) in [4.78, 5) is 0. The summed E-state index contributed by atoms with van der Waals surface area (Å²) in [7, 11) is 3.27. The van der Waals surface area contributed by atoms with E-state index in [1.54, 1.807) is 14.2 Å². The smallest absolute Gasteiger partial charge is 0.146 e. The van der Waals surface area contributed by atoms with Gasteiger partial charge in [-0.05, 0) is 30.5 Å². The summed E-state index contributed by atoms with van der Waals surface area (Å²) in [5.74, 6) is 0.848. The van der Waals surface area contributed by atoms with Gasteiger partial charge in [-0.25, -0.2) is 0 Å². The lowest BCUT2D eigenvalue weighted by atomic mass is 10.2. The minimum atomic E-state index is 0.0335. The Morgan fingerprint density at radius 3 is 2.55 bits per heavy atom. The number of benzene rings is 1. The molecule has 1 rings (SSSR count). The van der Waals surface area contributed by atoms with Gasteiger partial charge in [-0.2, -0.15) is 0 Å². The maximum atomic E-state index is 5.69. The van der Waals surface area contributed by atoms with E-state index >= 15 is 0 Å². The molecule has 0 N–H and O–H groups in total.